The summed E-state index contributed by atoms with van der Waals surface area (Å²) >= 11 is 0. The molecule has 0 spiro atoms. The molecule has 1 saturated heterocycles. The Hall–Kier alpha value is -2.83. The van der Waals surface area contributed by atoms with Gasteiger partial charge in [0, 0.05) is 57.2 Å². The van der Waals surface area contributed by atoms with Gasteiger partial charge in [0.15, 0.2) is 9.84 Å². The van der Waals surface area contributed by atoms with E-state index in [4.69, 9.17) is 4.74 Å². The summed E-state index contributed by atoms with van der Waals surface area (Å²) in [5, 5.41) is 9.47. The first-order valence-corrected chi connectivity index (χ1v) is 17.9. The number of carbonyl (C=O) groups is 1. The Morgan fingerprint density at radius 3 is 2.42 bits per heavy atom. The molecule has 1 aliphatic heterocycles. The van der Waals surface area contributed by atoms with Crippen LogP contribution in [0.15, 0.2) is 41.6 Å². The number of pyridine rings is 1. The van der Waals surface area contributed by atoms with Crippen LogP contribution in [0.5, 0.6) is 0 Å². The minimum absolute atomic E-state index is 0.0312. The van der Waals surface area contributed by atoms with Crippen molar-refractivity contribution in [2.75, 3.05) is 25.4 Å². The highest BCUT2D eigenvalue weighted by atomic mass is 32.2. The number of aromatic nitrogens is 2. The number of hydrogen-bond donors (Lipinski definition) is 1. The molecular weight excluding hydrogens is 532 g/mol. The molecule has 206 valence electrons. The van der Waals surface area contributed by atoms with Gasteiger partial charge in [0.1, 0.15) is 24.0 Å². The molecule has 12 heteroatoms. The van der Waals surface area contributed by atoms with Gasteiger partial charge < -0.3 is 19.3 Å². The monoisotopic (exact) mass is 565 g/mol. The van der Waals surface area contributed by atoms with E-state index < -0.39 is 35.6 Å². The third-order valence-electron chi connectivity index (χ3n) is 6.79. The van der Waals surface area contributed by atoms with E-state index in [9.17, 15) is 27.1 Å². The Balaban J connectivity index is 1.72. The number of piperidine rings is 1. The SMILES string of the molecule is C[Si](C)(C)CCOCn1cc(-c2cc(F)cc(F)c2)c2c(S(=O)(=O)CC3CCN(C(=O)O)CC3)ccnc21. The zero-order valence-electron chi connectivity index (χ0n) is 21.8. The minimum atomic E-state index is -3.85. The van der Waals surface area contributed by atoms with Crippen LogP contribution in [0.4, 0.5) is 13.6 Å². The van der Waals surface area contributed by atoms with Gasteiger partial charge in [0.2, 0.25) is 0 Å². The smallest absolute Gasteiger partial charge is 0.407 e. The van der Waals surface area contributed by atoms with Crippen molar-refractivity contribution >= 4 is 35.0 Å². The first kappa shape index (κ1) is 28.2. The van der Waals surface area contributed by atoms with Crippen molar-refractivity contribution in [1.29, 1.82) is 0 Å². The molecule has 1 N–H and O–H groups in total. The van der Waals surface area contributed by atoms with Crippen molar-refractivity contribution in [3.05, 3.63) is 48.3 Å². The van der Waals surface area contributed by atoms with Crippen molar-refractivity contribution in [2.24, 2.45) is 5.92 Å². The Morgan fingerprint density at radius 2 is 1.82 bits per heavy atom. The van der Waals surface area contributed by atoms with Crippen LogP contribution in [0, 0.1) is 17.6 Å². The molecule has 4 rings (SSSR count). The summed E-state index contributed by atoms with van der Waals surface area (Å²) in [7, 11) is -5.17. The zero-order chi connectivity index (χ0) is 27.7. The molecule has 1 amide bonds. The fourth-order valence-electron chi connectivity index (χ4n) is 4.70. The molecule has 2 aromatic heterocycles. The van der Waals surface area contributed by atoms with Crippen molar-refractivity contribution < 1.29 is 31.8 Å². The molecule has 0 saturated carbocycles. The first-order valence-electron chi connectivity index (χ1n) is 12.6. The van der Waals surface area contributed by atoms with Crippen LogP contribution >= 0.6 is 0 Å². The van der Waals surface area contributed by atoms with Crippen molar-refractivity contribution in [1.82, 2.24) is 14.5 Å². The van der Waals surface area contributed by atoms with Gasteiger partial charge in [-0.15, -0.1) is 0 Å². The molecule has 0 bridgehead atoms. The second-order valence-corrected chi connectivity index (χ2v) is 18.6. The highest BCUT2D eigenvalue weighted by molar-refractivity contribution is 7.91. The zero-order valence-corrected chi connectivity index (χ0v) is 23.6. The number of carboxylic acid groups (broad SMARTS) is 1. The van der Waals surface area contributed by atoms with Crippen molar-refractivity contribution in [2.45, 2.75) is 50.2 Å². The van der Waals surface area contributed by atoms with Gasteiger partial charge in [-0.25, -0.2) is 27.0 Å². The Kier molecular flexibility index (Phi) is 8.24. The van der Waals surface area contributed by atoms with E-state index in [-0.39, 0.29) is 47.3 Å². The molecule has 1 aromatic carbocycles. The van der Waals surface area contributed by atoms with E-state index in [1.807, 2.05) is 0 Å². The minimum Gasteiger partial charge on any atom is -0.465 e. The number of fused-ring (bicyclic) bond motifs is 1. The second-order valence-electron chi connectivity index (χ2n) is 11.0. The van der Waals surface area contributed by atoms with Crippen molar-refractivity contribution in [3.63, 3.8) is 0 Å². The molecule has 8 nitrogen and oxygen atoms in total. The molecule has 1 fully saturated rings. The predicted octanol–water partition coefficient (Wildman–Crippen LogP) is 5.46. The Morgan fingerprint density at radius 1 is 1.16 bits per heavy atom. The van der Waals surface area contributed by atoms with Crippen LogP contribution in [-0.4, -0.2) is 67.6 Å². The summed E-state index contributed by atoms with van der Waals surface area (Å²) in [4.78, 5) is 16.9. The van der Waals surface area contributed by atoms with Crippen LogP contribution < -0.4 is 0 Å². The van der Waals surface area contributed by atoms with Crippen LogP contribution in [0.2, 0.25) is 25.7 Å². The standard InChI is InChI=1S/C26H33F2N3O5SSi/c1-38(2,3)11-10-36-17-31-15-22(19-12-20(27)14-21(28)13-19)24-23(4-7-29-25(24)31)37(34,35)16-18-5-8-30(9-6-18)26(32)33/h4,7,12-15,18H,5-6,8-11,16-17H2,1-3H3,(H,32,33). The van der Waals surface area contributed by atoms with Gasteiger partial charge in [-0.2, -0.15) is 0 Å². The summed E-state index contributed by atoms with van der Waals surface area (Å²) in [5.41, 5.74) is 0.895. The fraction of sp³-hybridized carbons (Fsp3) is 0.462. The van der Waals surface area contributed by atoms with Gasteiger partial charge >= 0.3 is 6.09 Å². The van der Waals surface area contributed by atoms with Crippen LogP contribution in [0.1, 0.15) is 12.8 Å². The number of halogens is 2. The average Bonchev–Trinajstić information content (AvgIpc) is 3.19. The lowest BCUT2D eigenvalue weighted by Gasteiger charge is -2.29. The highest BCUT2D eigenvalue weighted by Gasteiger charge is 2.30. The number of amides is 1. The topological polar surface area (TPSA) is 102 Å². The summed E-state index contributed by atoms with van der Waals surface area (Å²) in [6.07, 6.45) is 2.91. The van der Waals surface area contributed by atoms with E-state index in [1.165, 1.54) is 29.3 Å². The lowest BCUT2D eigenvalue weighted by molar-refractivity contribution is 0.0899. The molecule has 0 aliphatic carbocycles. The maximum Gasteiger partial charge on any atom is 0.407 e. The fourth-order valence-corrected chi connectivity index (χ4v) is 7.37. The summed E-state index contributed by atoms with van der Waals surface area (Å²) in [5.74, 6) is -1.91. The molecule has 0 unspecified atom stereocenters. The first-order chi connectivity index (χ1) is 17.8. The van der Waals surface area contributed by atoms with Gasteiger partial charge in [-0.3, -0.25) is 0 Å². The number of benzene rings is 1. The van der Waals surface area contributed by atoms with Gasteiger partial charge in [0.25, 0.3) is 0 Å². The third kappa shape index (κ3) is 6.59. The summed E-state index contributed by atoms with van der Waals surface area (Å²) < 4.78 is 63.3. The molecule has 1 aliphatic rings. The number of rotatable bonds is 9. The highest BCUT2D eigenvalue weighted by Crippen LogP contribution is 2.36. The van der Waals surface area contributed by atoms with E-state index >= 15 is 0 Å². The maximum absolute atomic E-state index is 14.2. The van der Waals surface area contributed by atoms with Gasteiger partial charge in [-0.05, 0) is 48.6 Å². The van der Waals surface area contributed by atoms with Gasteiger partial charge in [0.05, 0.1) is 10.6 Å². The number of likely N-dealkylation sites (tertiary alicyclic amines) is 1. The van der Waals surface area contributed by atoms with Crippen LogP contribution in [-0.2, 0) is 21.3 Å². The quantitative estimate of drug-likeness (QED) is 0.273. The molecule has 3 heterocycles. The average molecular weight is 566 g/mol. The largest absolute Gasteiger partial charge is 0.465 e. The predicted molar refractivity (Wildman–Crippen MR) is 144 cm³/mol. The van der Waals surface area contributed by atoms with E-state index in [1.54, 1.807) is 10.8 Å². The van der Waals surface area contributed by atoms with Crippen LogP contribution in [0.25, 0.3) is 22.2 Å². The lowest BCUT2D eigenvalue weighted by Crippen LogP contribution is -2.39. The van der Waals surface area contributed by atoms with E-state index in [2.05, 4.69) is 24.6 Å². The normalized spacial score (nSPS) is 15.3. The summed E-state index contributed by atoms with van der Waals surface area (Å²) in [6.45, 7) is 7.92. The van der Waals surface area contributed by atoms with Gasteiger partial charge in [-0.1, -0.05) is 19.6 Å². The number of sulfone groups is 1. The third-order valence-corrected chi connectivity index (χ3v) is 10.4. The molecule has 38 heavy (non-hydrogen) atoms. The lowest BCUT2D eigenvalue weighted by atomic mass is 9.99. The van der Waals surface area contributed by atoms with E-state index in [0.717, 1.165) is 12.1 Å². The molecular formula is C26H33F2N3O5SSi. The van der Waals surface area contributed by atoms with Crippen molar-refractivity contribution in [3.8, 4) is 11.1 Å². The maximum atomic E-state index is 14.2. The number of ether oxygens (including phenoxy) is 1. The summed E-state index contributed by atoms with van der Waals surface area (Å²) in [6, 6.07) is 5.46. The second kappa shape index (κ2) is 11.1. The van der Waals surface area contributed by atoms with E-state index in [0.29, 0.717) is 30.7 Å². The molecule has 0 atom stereocenters. The Bertz CT molecular complexity index is 1410. The number of hydrogen-bond acceptors (Lipinski definition) is 5. The Labute approximate surface area is 222 Å². The van der Waals surface area contributed by atoms with Crippen LogP contribution in [0.3, 0.4) is 0 Å². The number of nitrogens with zero attached hydrogens (tertiary/aromatic N) is 3. The molecule has 3 aromatic rings. The molecule has 0 radical (unpaired) electrons.